The Hall–Kier alpha value is -3.14. The largest absolute Gasteiger partial charge is 0.643 e. The standard InChI is InChI=1S/C15H19Cl2NO4.C13H12Cl2O4.C12H12Cl2O4.C8H6Cl2O3.C4H7ClO.CS2.Al.4ClH/c1-4-9(7-18(2)3)15(21)10-5-6-11(14(17)13(10)16)22-8-12(19)20;1-3-7(2)13(18)8-4-5-9(12(15)11(8)14)19-6-10(16)17;1-2-3-8(15)7-4-5-9(12(14)11(7)13)18-6-10(16)17;9-5-2-1-3-6(8(5)10)13-4-7(11)12;1-2-3-4(5)6;2-1-3;;;;;/h5-6,9H,4,7-8H2,1-3H3,(H,19,20);4-5H,2-3,6H2,1H3,(H,16,17);4-5H,2-3,6H2,1H3,(H,16,17);1-3H,4H2,(H,11,12);2-3H2,1H3;;;4*1H/q;;;;;;+3;;;;/p-3. The van der Waals surface area contributed by atoms with Gasteiger partial charge in [0.1, 0.15) is 43.1 Å². The number of carboxylic acids is 4. The predicted octanol–water partition coefficient (Wildman–Crippen LogP) is 17.4. The molecule has 4 N–H and O–H groups in total. The summed E-state index contributed by atoms with van der Waals surface area (Å²) in [5.41, 5.74) is 1.28. The molecule has 4 rings (SSSR count). The number of ketones is 3. The molecule has 0 radical (unpaired) electrons. The van der Waals surface area contributed by atoms with E-state index >= 15 is 0 Å². The lowest BCUT2D eigenvalue weighted by molar-refractivity contribution is -0.140. The van der Waals surface area contributed by atoms with Gasteiger partial charge < -0.3 is 44.3 Å². The Morgan fingerprint density at radius 3 is 1.21 bits per heavy atom. The van der Waals surface area contributed by atoms with Crippen molar-refractivity contribution in [2.24, 2.45) is 5.92 Å². The molecule has 0 bridgehead atoms. The number of halogens is 13. The Morgan fingerprint density at radius 1 is 0.558 bits per heavy atom. The zero-order chi connectivity index (χ0) is 66.3. The highest BCUT2D eigenvalue weighted by molar-refractivity contribution is 7.93. The highest BCUT2D eigenvalue weighted by atomic mass is 35.8. The van der Waals surface area contributed by atoms with Crippen LogP contribution in [0.4, 0.5) is 0 Å². The number of hydrogen-bond acceptors (Lipinski definition) is 15. The van der Waals surface area contributed by atoms with Crippen LogP contribution in [0.1, 0.15) is 97.3 Å². The fourth-order valence-corrected chi connectivity index (χ4v) is 7.58. The Kier molecular flexibility index (Phi) is 52.5. The van der Waals surface area contributed by atoms with Crippen molar-refractivity contribution < 1.29 is 77.7 Å². The van der Waals surface area contributed by atoms with Crippen LogP contribution in [0.2, 0.25) is 40.2 Å². The van der Waals surface area contributed by atoms with E-state index in [4.69, 9.17) is 174 Å². The molecule has 0 aromatic heterocycles. The molecule has 17 nitrogen and oxygen atoms in total. The molecule has 476 valence electrons. The number of hydrogen-bond donors (Lipinski definition) is 4. The fraction of sp³-hybridized carbons (Fsp3) is 0.340. The van der Waals surface area contributed by atoms with Crippen LogP contribution in [0.5, 0.6) is 23.0 Å². The highest BCUT2D eigenvalue weighted by Crippen LogP contribution is 2.38. The molecule has 0 amide bonds. The first kappa shape index (κ1) is 89.3. The van der Waals surface area contributed by atoms with Crippen molar-refractivity contribution in [1.29, 1.82) is 0 Å². The summed E-state index contributed by atoms with van der Waals surface area (Å²) in [6.07, 6.45) is 3.63. The molecule has 0 spiro atoms. The zero-order valence-corrected chi connectivity index (χ0v) is 58.9. The van der Waals surface area contributed by atoms with Crippen LogP contribution in [0.3, 0.4) is 0 Å². The van der Waals surface area contributed by atoms with Gasteiger partial charge in [-0.15, -0.1) is 12.4 Å². The number of aliphatic carboxylic acids is 4. The van der Waals surface area contributed by atoms with E-state index in [-0.39, 0.29) is 105 Å². The van der Waals surface area contributed by atoms with Crippen LogP contribution in [0.25, 0.3) is 0 Å². The first-order chi connectivity index (χ1) is 39.6. The number of carbonyl (C=O) groups is 8. The Morgan fingerprint density at radius 2 is 0.895 bits per heavy atom. The SMILES string of the molecule is C=C(CC)C(=O)c1ccc(OCC(=O)O)c(Cl)c1Cl.CCC(CN(C)C)C(=O)c1ccc(OCC(=O)O)c(Cl)c1Cl.CCCC(=O)Cl.CCCC(=O)c1ccc(OCC(=O)O)c(Cl)c1Cl.Cl.O=C(O)COc1cccc(Cl)c1Cl.S=C=S.[Cl][Al]([Cl])[Cl]. The van der Waals surface area contributed by atoms with E-state index in [1.54, 1.807) is 25.1 Å². The maximum absolute atomic E-state index is 12.6. The zero-order valence-electron chi connectivity index (χ0n) is 46.2. The number of rotatable bonds is 25. The van der Waals surface area contributed by atoms with E-state index in [1.165, 1.54) is 36.4 Å². The van der Waals surface area contributed by atoms with Gasteiger partial charge in [-0.05, 0) is 130 Å². The Balaban J connectivity index is -0.000000489. The van der Waals surface area contributed by atoms with Crippen molar-refractivity contribution >= 4 is 234 Å². The van der Waals surface area contributed by atoms with Crippen LogP contribution in [0.15, 0.2) is 66.7 Å². The molecule has 0 saturated heterocycles. The van der Waals surface area contributed by atoms with Crippen LogP contribution in [-0.4, -0.2) is 135 Å². The van der Waals surface area contributed by atoms with Crippen molar-refractivity contribution in [1.82, 2.24) is 4.90 Å². The van der Waals surface area contributed by atoms with Gasteiger partial charge in [0.05, 0.1) is 20.1 Å². The molecule has 1 unspecified atom stereocenters. The van der Waals surface area contributed by atoms with Crippen molar-refractivity contribution in [3.8, 4) is 23.0 Å². The molecule has 1 atom stereocenters. The number of Topliss-reactive ketones (excluding diaryl/α,β-unsaturated/α-hetero) is 3. The lowest BCUT2D eigenvalue weighted by atomic mass is 9.94. The van der Waals surface area contributed by atoms with Gasteiger partial charge in [-0.1, -0.05) is 133 Å². The quantitative estimate of drug-likeness (QED) is 0.0158. The Labute approximate surface area is 576 Å². The van der Waals surface area contributed by atoms with Gasteiger partial charge in [-0.2, -0.15) is 0 Å². The second-order valence-corrected chi connectivity index (χ2v) is 26.7. The summed E-state index contributed by atoms with van der Waals surface area (Å²) in [6, 6.07) is 13.5. The number of allylic oxidation sites excluding steroid dienone is 1. The third kappa shape index (κ3) is 38.4. The monoisotopic (exact) mass is 1510 g/mol. The molecule has 0 aliphatic rings. The normalized spacial score (nSPS) is 9.94. The second-order valence-electron chi connectivity index (χ2n) is 16.1. The van der Waals surface area contributed by atoms with Gasteiger partial charge in [0.2, 0.25) is 5.24 Å². The summed E-state index contributed by atoms with van der Waals surface area (Å²) in [4.78, 5) is 89.4. The predicted molar refractivity (Wildman–Crippen MR) is 355 cm³/mol. The first-order valence-corrected chi connectivity index (χ1v) is 33.4. The molecule has 4 aromatic rings. The molecular formula is C53H57AlCl13NO16S2. The first-order valence-electron chi connectivity index (χ1n) is 24.0. The van der Waals surface area contributed by atoms with E-state index in [2.05, 4.69) is 31.0 Å². The van der Waals surface area contributed by atoms with E-state index in [0.717, 1.165) is 6.42 Å². The molecular weight excluding hydrogens is 1460 g/mol. The maximum Gasteiger partial charge on any atom is 0.643 e. The van der Waals surface area contributed by atoms with Crippen molar-refractivity contribution in [3.05, 3.63) is 124 Å². The lowest BCUT2D eigenvalue weighted by Crippen LogP contribution is -2.27. The molecule has 86 heavy (non-hydrogen) atoms. The lowest BCUT2D eigenvalue weighted by Gasteiger charge is -2.19. The van der Waals surface area contributed by atoms with Crippen molar-refractivity contribution in [2.45, 2.75) is 66.2 Å². The number of carboxylic acid groups (broad SMARTS) is 4. The third-order valence-corrected chi connectivity index (χ3v) is 13.0. The summed E-state index contributed by atoms with van der Waals surface area (Å²) < 4.78 is 21.7. The van der Waals surface area contributed by atoms with E-state index in [0.29, 0.717) is 60.4 Å². The minimum absolute atomic E-state index is 0. The van der Waals surface area contributed by atoms with E-state index < -0.39 is 61.7 Å². The minimum Gasteiger partial charge on any atom is -0.480 e. The average molecular weight is 1520 g/mol. The van der Waals surface area contributed by atoms with Gasteiger partial charge in [-0.3, -0.25) is 19.2 Å². The number of thiocarbonyl (C=S) groups is 2. The number of benzene rings is 4. The van der Waals surface area contributed by atoms with Gasteiger partial charge in [0.25, 0.3) is 0 Å². The van der Waals surface area contributed by atoms with E-state index in [1.807, 2.05) is 44.1 Å². The van der Waals surface area contributed by atoms with Gasteiger partial charge >= 0.3 is 35.3 Å². The van der Waals surface area contributed by atoms with Crippen LogP contribution >= 0.6 is 171 Å². The molecule has 4 aromatic carbocycles. The molecule has 0 heterocycles. The minimum atomic E-state index is -1.72. The Bertz CT molecular complexity index is 2920. The smallest absolute Gasteiger partial charge is 0.480 e. The number of ether oxygens (including phenoxy) is 4. The van der Waals surface area contributed by atoms with Crippen molar-refractivity contribution in [3.63, 3.8) is 0 Å². The van der Waals surface area contributed by atoms with Gasteiger partial charge in [-0.25, -0.2) is 49.3 Å². The summed E-state index contributed by atoms with van der Waals surface area (Å²) in [6.45, 7) is 9.79. The molecule has 33 heteroatoms. The van der Waals surface area contributed by atoms with Crippen molar-refractivity contribution in [2.75, 3.05) is 47.1 Å². The van der Waals surface area contributed by atoms with Gasteiger partial charge in [0, 0.05) is 46.3 Å². The average Bonchev–Trinajstić information content (AvgIpc) is 3.64. The molecule has 0 saturated carbocycles. The topological polar surface area (TPSA) is 258 Å². The summed E-state index contributed by atoms with van der Waals surface area (Å²) in [7, 11) is 18.6. The maximum atomic E-state index is 12.6. The summed E-state index contributed by atoms with van der Waals surface area (Å²) >= 11 is 58.6. The molecule has 0 fully saturated rings. The molecule has 0 aliphatic heterocycles. The van der Waals surface area contributed by atoms with E-state index in [9.17, 15) is 38.4 Å². The van der Waals surface area contributed by atoms with Crippen LogP contribution in [-0.2, 0) is 24.0 Å². The van der Waals surface area contributed by atoms with Crippen LogP contribution < -0.4 is 18.9 Å². The summed E-state index contributed by atoms with van der Waals surface area (Å²) in [5, 5.41) is 34.6. The second kappa shape index (κ2) is 50.6. The van der Waals surface area contributed by atoms with Crippen LogP contribution in [0, 0.1) is 5.92 Å². The fourth-order valence-electron chi connectivity index (χ4n) is 5.63. The molecule has 0 aliphatic carbocycles. The highest BCUT2D eigenvalue weighted by Gasteiger charge is 2.24. The number of nitrogens with zero attached hydrogens (tertiary/aromatic N) is 1. The van der Waals surface area contributed by atoms with Gasteiger partial charge in [0.15, 0.2) is 43.8 Å². The third-order valence-electron chi connectivity index (χ3n) is 9.39. The summed E-state index contributed by atoms with van der Waals surface area (Å²) in [5.74, 6) is -4.41. The number of carbonyl (C=O) groups excluding carboxylic acids is 4.